The molecule has 0 aromatic carbocycles. The summed E-state index contributed by atoms with van der Waals surface area (Å²) in [7, 11) is 3.81. The van der Waals surface area contributed by atoms with Crippen LogP contribution in [0.4, 0.5) is 0 Å². The van der Waals surface area contributed by atoms with E-state index in [2.05, 4.69) is 41.5 Å². The van der Waals surface area contributed by atoms with E-state index in [1.807, 2.05) is 32.9 Å². The lowest BCUT2D eigenvalue weighted by Gasteiger charge is -2.37. The summed E-state index contributed by atoms with van der Waals surface area (Å²) in [6.45, 7) is 13.8. The van der Waals surface area contributed by atoms with Gasteiger partial charge in [0.05, 0.1) is 9.75 Å². The summed E-state index contributed by atoms with van der Waals surface area (Å²) in [6.07, 6.45) is 2.61. The van der Waals surface area contributed by atoms with Crippen molar-refractivity contribution in [3.05, 3.63) is 9.75 Å². The van der Waals surface area contributed by atoms with Gasteiger partial charge in [-0.2, -0.15) is 0 Å². The van der Waals surface area contributed by atoms with Crippen molar-refractivity contribution in [2.24, 2.45) is 0 Å². The highest BCUT2D eigenvalue weighted by Crippen LogP contribution is 2.56. The normalized spacial score (nSPS) is 24.4. The summed E-state index contributed by atoms with van der Waals surface area (Å²) in [5.41, 5.74) is 0.257. The summed E-state index contributed by atoms with van der Waals surface area (Å²) < 4.78 is 13.1. The highest BCUT2D eigenvalue weighted by Gasteiger charge is 2.43. The van der Waals surface area contributed by atoms with Gasteiger partial charge in [0.15, 0.2) is 11.5 Å². The topological polar surface area (TPSA) is 18.5 Å². The molecule has 2 aliphatic heterocycles. The van der Waals surface area contributed by atoms with Crippen molar-refractivity contribution in [3.63, 3.8) is 0 Å². The van der Waals surface area contributed by atoms with Gasteiger partial charge in [-0.05, 0) is 12.8 Å². The van der Waals surface area contributed by atoms with Gasteiger partial charge in [0.25, 0.3) is 0 Å². The van der Waals surface area contributed by atoms with Crippen LogP contribution in [0.2, 0.25) is 0 Å². The number of hydrogen-bond acceptors (Lipinski definition) is 5. The second-order valence-electron chi connectivity index (χ2n) is 7.78. The molecule has 0 amide bonds. The number of ether oxygens (including phenoxy) is 2. The van der Waals surface area contributed by atoms with Crippen LogP contribution in [0.3, 0.4) is 0 Å². The fourth-order valence-electron chi connectivity index (χ4n) is 2.79. The molecule has 2 unspecified atom stereocenters. The van der Waals surface area contributed by atoms with E-state index in [4.69, 9.17) is 9.47 Å². The van der Waals surface area contributed by atoms with Crippen LogP contribution in [0.25, 0.3) is 0 Å². The lowest BCUT2D eigenvalue weighted by molar-refractivity contribution is 0.0458. The Balaban J connectivity index is 2.10. The number of thiophene rings is 1. The first-order valence-electron chi connectivity index (χ1n) is 8.55. The standard InChI is InChI=1S/C18H28O2S3/c1-7-17(3,4)15-13-14(16(23-15)18(5,6)8-2)20-12-10-22-21-9-11(12)19-13/h11-12H,7-10H2,1-6H3. The Hall–Kier alpha value is -0.0000000000000000555. The Labute approximate surface area is 152 Å². The van der Waals surface area contributed by atoms with Crippen molar-refractivity contribution in [1.29, 1.82) is 0 Å². The molecule has 0 spiro atoms. The molecule has 0 radical (unpaired) electrons. The molecule has 1 saturated heterocycles. The molecule has 1 aromatic rings. The van der Waals surface area contributed by atoms with E-state index >= 15 is 0 Å². The SMILES string of the molecule is CCC(C)(C)c1sc(C(C)(C)CC)c2c1OC1CSSCC1O2. The summed E-state index contributed by atoms with van der Waals surface area (Å²) in [5, 5.41) is 0. The molecule has 1 aromatic heterocycles. The first-order valence-corrected chi connectivity index (χ1v) is 11.9. The Morgan fingerprint density at radius 1 is 0.826 bits per heavy atom. The minimum absolute atomic E-state index is 0.129. The highest BCUT2D eigenvalue weighted by molar-refractivity contribution is 8.76. The zero-order valence-corrected chi connectivity index (χ0v) is 17.5. The average Bonchev–Trinajstić information content (AvgIpc) is 2.92. The molecule has 23 heavy (non-hydrogen) atoms. The van der Waals surface area contributed by atoms with Gasteiger partial charge in [0.2, 0.25) is 0 Å². The van der Waals surface area contributed by atoms with Crippen molar-refractivity contribution in [1.82, 2.24) is 0 Å². The first kappa shape index (κ1) is 17.8. The van der Waals surface area contributed by atoms with Crippen LogP contribution in [-0.4, -0.2) is 23.7 Å². The zero-order valence-electron chi connectivity index (χ0n) is 15.0. The maximum Gasteiger partial charge on any atom is 0.176 e. The van der Waals surface area contributed by atoms with Crippen LogP contribution in [-0.2, 0) is 10.8 Å². The number of hydrogen-bond donors (Lipinski definition) is 0. The summed E-state index contributed by atoms with van der Waals surface area (Å²) in [6, 6.07) is 0. The van der Waals surface area contributed by atoms with Crippen molar-refractivity contribution < 1.29 is 9.47 Å². The molecule has 0 saturated carbocycles. The monoisotopic (exact) mass is 372 g/mol. The van der Waals surface area contributed by atoms with Gasteiger partial charge in [-0.3, -0.25) is 0 Å². The molecule has 2 aliphatic rings. The van der Waals surface area contributed by atoms with E-state index in [-0.39, 0.29) is 23.0 Å². The molecule has 0 bridgehead atoms. The molecule has 2 atom stereocenters. The maximum absolute atomic E-state index is 6.53. The fourth-order valence-corrected chi connectivity index (χ4v) is 6.72. The molecule has 3 heterocycles. The summed E-state index contributed by atoms with van der Waals surface area (Å²) in [4.78, 5) is 2.74. The van der Waals surface area contributed by atoms with Gasteiger partial charge >= 0.3 is 0 Å². The van der Waals surface area contributed by atoms with Crippen molar-refractivity contribution in [2.75, 3.05) is 11.5 Å². The van der Waals surface area contributed by atoms with Crippen LogP contribution >= 0.6 is 32.9 Å². The Morgan fingerprint density at radius 2 is 1.22 bits per heavy atom. The largest absolute Gasteiger partial charge is 0.481 e. The van der Waals surface area contributed by atoms with Gasteiger partial charge in [-0.25, -0.2) is 0 Å². The fraction of sp³-hybridized carbons (Fsp3) is 0.778. The van der Waals surface area contributed by atoms with Gasteiger partial charge in [-0.15, -0.1) is 11.3 Å². The second-order valence-corrected chi connectivity index (χ2v) is 11.3. The van der Waals surface area contributed by atoms with Gasteiger partial charge < -0.3 is 9.47 Å². The van der Waals surface area contributed by atoms with Crippen LogP contribution in [0.15, 0.2) is 0 Å². The van der Waals surface area contributed by atoms with Crippen molar-refractivity contribution >= 4 is 32.9 Å². The Morgan fingerprint density at radius 3 is 1.57 bits per heavy atom. The molecular weight excluding hydrogens is 344 g/mol. The second kappa shape index (κ2) is 6.38. The first-order chi connectivity index (χ1) is 10.8. The average molecular weight is 373 g/mol. The molecule has 1 fully saturated rings. The molecular formula is C18H28O2S3. The molecule has 3 rings (SSSR count). The third-order valence-electron chi connectivity index (χ3n) is 5.32. The van der Waals surface area contributed by atoms with E-state index in [0.29, 0.717) is 0 Å². The van der Waals surface area contributed by atoms with E-state index in [0.717, 1.165) is 35.8 Å². The van der Waals surface area contributed by atoms with Crippen LogP contribution in [0, 0.1) is 0 Å². The third kappa shape index (κ3) is 3.13. The number of rotatable bonds is 4. The van der Waals surface area contributed by atoms with E-state index < -0.39 is 0 Å². The smallest absolute Gasteiger partial charge is 0.176 e. The Bertz CT molecular complexity index is 529. The highest BCUT2D eigenvalue weighted by atomic mass is 33.1. The van der Waals surface area contributed by atoms with Crippen LogP contribution < -0.4 is 9.47 Å². The minimum Gasteiger partial charge on any atom is -0.481 e. The summed E-state index contributed by atoms with van der Waals surface area (Å²) in [5.74, 6) is 4.13. The van der Waals surface area contributed by atoms with Crippen LogP contribution in [0.1, 0.15) is 64.1 Å². The lowest BCUT2D eigenvalue weighted by atomic mass is 9.86. The van der Waals surface area contributed by atoms with Crippen LogP contribution in [0.5, 0.6) is 11.5 Å². The van der Waals surface area contributed by atoms with Crippen molar-refractivity contribution in [3.8, 4) is 11.5 Å². The molecule has 130 valence electrons. The zero-order chi connectivity index (χ0) is 16.8. The third-order valence-corrected chi connectivity index (χ3v) is 9.62. The number of fused-ring (bicyclic) bond motifs is 2. The van der Waals surface area contributed by atoms with Gasteiger partial charge in [0, 0.05) is 22.3 Å². The maximum atomic E-state index is 6.53. The van der Waals surface area contributed by atoms with E-state index in [1.54, 1.807) is 0 Å². The molecule has 2 nitrogen and oxygen atoms in total. The molecule has 5 heteroatoms. The molecule has 0 aliphatic carbocycles. The van der Waals surface area contributed by atoms with E-state index in [9.17, 15) is 0 Å². The predicted molar refractivity (Wildman–Crippen MR) is 105 cm³/mol. The minimum atomic E-state index is 0.129. The van der Waals surface area contributed by atoms with Gasteiger partial charge in [0.1, 0.15) is 12.2 Å². The van der Waals surface area contributed by atoms with Gasteiger partial charge in [-0.1, -0.05) is 63.1 Å². The molecule has 0 N–H and O–H groups in total. The Kier molecular flexibility index (Phi) is 4.94. The quantitative estimate of drug-likeness (QED) is 0.601. The van der Waals surface area contributed by atoms with Crippen molar-refractivity contribution in [2.45, 2.75) is 77.4 Å². The predicted octanol–water partition coefficient (Wildman–Crippen LogP) is 6.03. The summed E-state index contributed by atoms with van der Waals surface area (Å²) >= 11 is 1.92. The van der Waals surface area contributed by atoms with E-state index in [1.165, 1.54) is 9.75 Å². The lowest BCUT2D eigenvalue weighted by Crippen LogP contribution is -2.45.